The molecule has 0 spiro atoms. The first-order valence-electron chi connectivity index (χ1n) is 7.10. The van der Waals surface area contributed by atoms with Gasteiger partial charge in [0.15, 0.2) is 0 Å². The number of benzene rings is 1. The molecule has 0 radical (unpaired) electrons. The zero-order valence-corrected chi connectivity index (χ0v) is 11.4. The average molecular weight is 233 g/mol. The van der Waals surface area contributed by atoms with Crippen molar-refractivity contribution in [2.45, 2.75) is 57.9 Å². The Morgan fingerprint density at radius 3 is 2.24 bits per heavy atom. The molecular weight excluding hydrogens is 206 g/mol. The highest BCUT2D eigenvalue weighted by Gasteiger charge is 2.07. The van der Waals surface area contributed by atoms with Gasteiger partial charge in [0, 0.05) is 6.04 Å². The molecule has 0 amide bonds. The second kappa shape index (κ2) is 9.23. The largest absolute Gasteiger partial charge is 0.313 e. The first-order valence-corrected chi connectivity index (χ1v) is 7.10. The summed E-state index contributed by atoms with van der Waals surface area (Å²) in [6.07, 6.45) is 9.52. The molecule has 0 saturated carbocycles. The molecule has 0 aliphatic rings. The van der Waals surface area contributed by atoms with Crippen LogP contribution in [0.15, 0.2) is 30.3 Å². The second-order valence-electron chi connectivity index (χ2n) is 4.81. The number of rotatable bonds is 9. The Labute approximate surface area is 107 Å². The fraction of sp³-hybridized carbons (Fsp3) is 0.625. The summed E-state index contributed by atoms with van der Waals surface area (Å²) < 4.78 is 0. The summed E-state index contributed by atoms with van der Waals surface area (Å²) in [4.78, 5) is 0. The van der Waals surface area contributed by atoms with Crippen LogP contribution in [0.25, 0.3) is 0 Å². The van der Waals surface area contributed by atoms with E-state index < -0.39 is 0 Å². The van der Waals surface area contributed by atoms with E-state index in [2.05, 4.69) is 49.6 Å². The van der Waals surface area contributed by atoms with Crippen LogP contribution in [-0.2, 0) is 0 Å². The molecule has 0 bridgehead atoms. The number of nitrogens with one attached hydrogen (secondary N) is 1. The highest BCUT2D eigenvalue weighted by molar-refractivity contribution is 5.18. The minimum atomic E-state index is 0.530. The molecule has 0 aromatic heterocycles. The van der Waals surface area contributed by atoms with E-state index in [0.717, 1.165) is 0 Å². The maximum Gasteiger partial charge on any atom is 0.0317 e. The molecule has 1 aromatic carbocycles. The molecule has 1 atom stereocenters. The zero-order chi connectivity index (χ0) is 12.3. The SMILES string of the molecule is CCCCCCCCC(NC)c1ccccc1. The summed E-state index contributed by atoms with van der Waals surface area (Å²) >= 11 is 0. The van der Waals surface area contributed by atoms with Gasteiger partial charge in [-0.1, -0.05) is 75.8 Å². The predicted molar refractivity (Wildman–Crippen MR) is 76.2 cm³/mol. The molecule has 0 aliphatic carbocycles. The van der Waals surface area contributed by atoms with E-state index >= 15 is 0 Å². The van der Waals surface area contributed by atoms with Crippen LogP contribution in [0.3, 0.4) is 0 Å². The summed E-state index contributed by atoms with van der Waals surface area (Å²) in [6, 6.07) is 11.3. The van der Waals surface area contributed by atoms with Gasteiger partial charge in [0.05, 0.1) is 0 Å². The van der Waals surface area contributed by atoms with Gasteiger partial charge in [-0.3, -0.25) is 0 Å². The van der Waals surface area contributed by atoms with Crippen molar-refractivity contribution in [3.63, 3.8) is 0 Å². The van der Waals surface area contributed by atoms with Crippen molar-refractivity contribution >= 4 is 0 Å². The quantitative estimate of drug-likeness (QED) is 0.610. The summed E-state index contributed by atoms with van der Waals surface area (Å²) in [7, 11) is 2.06. The second-order valence-corrected chi connectivity index (χ2v) is 4.81. The minimum absolute atomic E-state index is 0.530. The predicted octanol–water partition coefficient (Wildman–Crippen LogP) is 4.70. The first-order chi connectivity index (χ1) is 8.38. The molecule has 17 heavy (non-hydrogen) atoms. The van der Waals surface area contributed by atoms with Crippen molar-refractivity contribution in [1.29, 1.82) is 0 Å². The van der Waals surface area contributed by atoms with Gasteiger partial charge in [-0.15, -0.1) is 0 Å². The van der Waals surface area contributed by atoms with E-state index in [4.69, 9.17) is 0 Å². The normalized spacial score (nSPS) is 12.6. The highest BCUT2D eigenvalue weighted by atomic mass is 14.9. The molecule has 1 nitrogen and oxygen atoms in total. The lowest BCUT2D eigenvalue weighted by Crippen LogP contribution is -2.16. The monoisotopic (exact) mass is 233 g/mol. The van der Waals surface area contributed by atoms with E-state index in [9.17, 15) is 0 Å². The Balaban J connectivity index is 2.20. The summed E-state index contributed by atoms with van der Waals surface area (Å²) in [5, 5.41) is 3.42. The smallest absolute Gasteiger partial charge is 0.0317 e. The van der Waals surface area contributed by atoms with Gasteiger partial charge in [0.25, 0.3) is 0 Å². The molecule has 1 N–H and O–H groups in total. The highest BCUT2D eigenvalue weighted by Crippen LogP contribution is 2.19. The molecule has 1 heteroatoms. The van der Waals surface area contributed by atoms with Crippen molar-refractivity contribution in [3.8, 4) is 0 Å². The van der Waals surface area contributed by atoms with E-state index in [0.29, 0.717) is 6.04 Å². The van der Waals surface area contributed by atoms with E-state index in [1.165, 1.54) is 50.5 Å². The van der Waals surface area contributed by atoms with Crippen molar-refractivity contribution in [3.05, 3.63) is 35.9 Å². The van der Waals surface area contributed by atoms with Crippen LogP contribution in [0.2, 0.25) is 0 Å². The lowest BCUT2D eigenvalue weighted by Gasteiger charge is -2.16. The Morgan fingerprint density at radius 2 is 1.59 bits per heavy atom. The standard InChI is InChI=1S/C16H27N/c1-3-4-5-6-7-11-14-16(17-2)15-12-9-8-10-13-15/h8-10,12-13,16-17H,3-7,11,14H2,1-2H3. The molecule has 0 fully saturated rings. The van der Waals surface area contributed by atoms with Crippen LogP contribution in [0, 0.1) is 0 Å². The lowest BCUT2D eigenvalue weighted by molar-refractivity contribution is 0.498. The van der Waals surface area contributed by atoms with Crippen molar-refractivity contribution in [1.82, 2.24) is 5.32 Å². The third-order valence-corrected chi connectivity index (χ3v) is 3.40. The van der Waals surface area contributed by atoms with E-state index in [-0.39, 0.29) is 0 Å². The number of hydrogen-bond donors (Lipinski definition) is 1. The number of hydrogen-bond acceptors (Lipinski definition) is 1. The fourth-order valence-corrected chi connectivity index (χ4v) is 2.29. The first kappa shape index (κ1) is 14.2. The number of unbranched alkanes of at least 4 members (excludes halogenated alkanes) is 5. The van der Waals surface area contributed by atoms with Crippen LogP contribution < -0.4 is 5.32 Å². The summed E-state index contributed by atoms with van der Waals surface area (Å²) in [5.41, 5.74) is 1.42. The Hall–Kier alpha value is -0.820. The third kappa shape index (κ3) is 5.88. The maximum atomic E-state index is 3.42. The molecule has 0 aliphatic heterocycles. The van der Waals surface area contributed by atoms with Crippen LogP contribution in [0.1, 0.15) is 63.5 Å². The van der Waals surface area contributed by atoms with Crippen LogP contribution in [-0.4, -0.2) is 7.05 Å². The fourth-order valence-electron chi connectivity index (χ4n) is 2.29. The molecule has 96 valence electrons. The van der Waals surface area contributed by atoms with Crippen LogP contribution >= 0.6 is 0 Å². The molecular formula is C16H27N. The minimum Gasteiger partial charge on any atom is -0.313 e. The summed E-state index contributed by atoms with van der Waals surface area (Å²) in [6.45, 7) is 2.27. The van der Waals surface area contributed by atoms with E-state index in [1.54, 1.807) is 0 Å². The lowest BCUT2D eigenvalue weighted by atomic mass is 10.00. The maximum absolute atomic E-state index is 3.42. The molecule has 1 unspecified atom stereocenters. The molecule has 1 aromatic rings. The topological polar surface area (TPSA) is 12.0 Å². The molecule has 0 saturated heterocycles. The van der Waals surface area contributed by atoms with Crippen molar-refractivity contribution < 1.29 is 0 Å². The van der Waals surface area contributed by atoms with Gasteiger partial charge in [0.2, 0.25) is 0 Å². The average Bonchev–Trinajstić information content (AvgIpc) is 2.39. The Kier molecular flexibility index (Phi) is 7.74. The van der Waals surface area contributed by atoms with E-state index in [1.807, 2.05) is 0 Å². The van der Waals surface area contributed by atoms with Crippen LogP contribution in [0.4, 0.5) is 0 Å². The van der Waals surface area contributed by atoms with Gasteiger partial charge in [-0.25, -0.2) is 0 Å². The van der Waals surface area contributed by atoms with Gasteiger partial charge < -0.3 is 5.32 Å². The van der Waals surface area contributed by atoms with Crippen molar-refractivity contribution in [2.24, 2.45) is 0 Å². The molecule has 0 heterocycles. The third-order valence-electron chi connectivity index (χ3n) is 3.40. The van der Waals surface area contributed by atoms with Gasteiger partial charge >= 0.3 is 0 Å². The zero-order valence-electron chi connectivity index (χ0n) is 11.4. The summed E-state index contributed by atoms with van der Waals surface area (Å²) in [5.74, 6) is 0. The van der Waals surface area contributed by atoms with Crippen LogP contribution in [0.5, 0.6) is 0 Å². The van der Waals surface area contributed by atoms with Gasteiger partial charge in [-0.2, -0.15) is 0 Å². The Morgan fingerprint density at radius 1 is 0.941 bits per heavy atom. The molecule has 1 rings (SSSR count). The van der Waals surface area contributed by atoms with Crippen molar-refractivity contribution in [2.75, 3.05) is 7.05 Å². The van der Waals surface area contributed by atoms with Gasteiger partial charge in [0.1, 0.15) is 0 Å². The van der Waals surface area contributed by atoms with Gasteiger partial charge in [-0.05, 0) is 19.0 Å². The Bertz CT molecular complexity index is 268.